The summed E-state index contributed by atoms with van der Waals surface area (Å²) in [5.74, 6) is 1.01. The number of hydrogen-bond donors (Lipinski definition) is 1. The van der Waals surface area contributed by atoms with Crippen molar-refractivity contribution in [3.05, 3.63) is 59.9 Å². The summed E-state index contributed by atoms with van der Waals surface area (Å²) in [4.78, 5) is 0. The van der Waals surface area contributed by atoms with Gasteiger partial charge in [-0.05, 0) is 24.3 Å². The van der Waals surface area contributed by atoms with Crippen molar-refractivity contribution in [1.82, 2.24) is 5.32 Å². The molecule has 0 heterocycles. The molecule has 0 amide bonds. The molecular weight excluding hydrogens is 241 g/mol. The van der Waals surface area contributed by atoms with Gasteiger partial charge in [-0.2, -0.15) is 0 Å². The Hall–Kier alpha value is -1.87. The van der Waals surface area contributed by atoms with Crippen LogP contribution in [0.4, 0.5) is 4.39 Å². The first-order chi connectivity index (χ1) is 9.16. The molecule has 19 heavy (non-hydrogen) atoms. The lowest BCUT2D eigenvalue weighted by atomic mass is 10.1. The smallest absolute Gasteiger partial charge is 0.134 e. The largest absolute Gasteiger partial charge is 0.457 e. The van der Waals surface area contributed by atoms with E-state index in [9.17, 15) is 4.39 Å². The molecular formula is C16H18FNO. The number of halogens is 1. The molecule has 0 unspecified atom stereocenters. The maximum Gasteiger partial charge on any atom is 0.134 e. The zero-order valence-corrected chi connectivity index (χ0v) is 11.2. The lowest BCUT2D eigenvalue weighted by Gasteiger charge is -2.14. The van der Waals surface area contributed by atoms with Crippen molar-refractivity contribution in [3.8, 4) is 11.5 Å². The van der Waals surface area contributed by atoms with Gasteiger partial charge in [0.25, 0.3) is 0 Å². The van der Waals surface area contributed by atoms with Crippen LogP contribution < -0.4 is 10.1 Å². The van der Waals surface area contributed by atoms with Crippen molar-refractivity contribution in [1.29, 1.82) is 0 Å². The van der Waals surface area contributed by atoms with Gasteiger partial charge in [0.15, 0.2) is 0 Å². The summed E-state index contributed by atoms with van der Waals surface area (Å²) in [5, 5.41) is 3.21. The normalized spacial score (nSPS) is 10.7. The summed E-state index contributed by atoms with van der Waals surface area (Å²) in [6, 6.07) is 14.6. The van der Waals surface area contributed by atoms with Gasteiger partial charge >= 0.3 is 0 Å². The van der Waals surface area contributed by atoms with Gasteiger partial charge < -0.3 is 10.1 Å². The van der Waals surface area contributed by atoms with Gasteiger partial charge in [-0.15, -0.1) is 0 Å². The third-order valence-electron chi connectivity index (χ3n) is 2.73. The van der Waals surface area contributed by atoms with E-state index in [1.54, 1.807) is 12.1 Å². The number of ether oxygens (including phenoxy) is 1. The fraction of sp³-hybridized carbons (Fsp3) is 0.250. The topological polar surface area (TPSA) is 21.3 Å². The van der Waals surface area contributed by atoms with E-state index in [1.807, 2.05) is 44.2 Å². The highest BCUT2D eigenvalue weighted by Gasteiger charge is 2.10. The number of para-hydroxylation sites is 1. The Morgan fingerprint density at radius 1 is 1.05 bits per heavy atom. The van der Waals surface area contributed by atoms with Crippen LogP contribution in [0.2, 0.25) is 0 Å². The first kappa shape index (κ1) is 13.6. The first-order valence-corrected chi connectivity index (χ1v) is 6.40. The number of hydrogen-bond acceptors (Lipinski definition) is 2. The number of benzene rings is 2. The second kappa shape index (κ2) is 6.34. The summed E-state index contributed by atoms with van der Waals surface area (Å²) < 4.78 is 19.6. The summed E-state index contributed by atoms with van der Waals surface area (Å²) in [5.41, 5.74) is 0.556. The minimum absolute atomic E-state index is 0.249. The molecule has 0 fully saturated rings. The Morgan fingerprint density at radius 3 is 2.47 bits per heavy atom. The van der Waals surface area contributed by atoms with Crippen molar-refractivity contribution in [2.45, 2.75) is 26.4 Å². The first-order valence-electron chi connectivity index (χ1n) is 6.40. The SMILES string of the molecule is CC(C)NCc1c(F)cccc1Oc1ccccc1. The molecule has 2 aromatic rings. The van der Waals surface area contributed by atoms with E-state index in [4.69, 9.17) is 4.74 Å². The van der Waals surface area contributed by atoms with Crippen molar-refractivity contribution < 1.29 is 9.13 Å². The molecule has 2 rings (SSSR count). The molecule has 2 aromatic carbocycles. The lowest BCUT2D eigenvalue weighted by Crippen LogP contribution is -2.22. The summed E-state index contributed by atoms with van der Waals surface area (Å²) in [7, 11) is 0. The van der Waals surface area contributed by atoms with Crippen LogP contribution in [0, 0.1) is 5.82 Å². The third-order valence-corrected chi connectivity index (χ3v) is 2.73. The van der Waals surface area contributed by atoms with E-state index in [0.29, 0.717) is 29.6 Å². The lowest BCUT2D eigenvalue weighted by molar-refractivity contribution is 0.457. The monoisotopic (exact) mass is 259 g/mol. The molecule has 0 aliphatic heterocycles. The maximum atomic E-state index is 13.9. The van der Waals surface area contributed by atoms with Gasteiger partial charge in [-0.3, -0.25) is 0 Å². The van der Waals surface area contributed by atoms with Crippen LogP contribution in [0.1, 0.15) is 19.4 Å². The van der Waals surface area contributed by atoms with Crippen LogP contribution in [0.5, 0.6) is 11.5 Å². The van der Waals surface area contributed by atoms with Gasteiger partial charge in [-0.1, -0.05) is 38.1 Å². The second-order valence-corrected chi connectivity index (χ2v) is 4.67. The van der Waals surface area contributed by atoms with E-state index in [-0.39, 0.29) is 5.82 Å². The summed E-state index contributed by atoms with van der Waals surface area (Å²) >= 11 is 0. The van der Waals surface area contributed by atoms with Crippen LogP contribution in [0.3, 0.4) is 0 Å². The van der Waals surface area contributed by atoms with Crippen molar-refractivity contribution >= 4 is 0 Å². The van der Waals surface area contributed by atoms with E-state index >= 15 is 0 Å². The average molecular weight is 259 g/mol. The van der Waals surface area contributed by atoms with Crippen molar-refractivity contribution in [2.24, 2.45) is 0 Å². The Bertz CT molecular complexity index is 526. The molecule has 1 N–H and O–H groups in total. The molecule has 3 heteroatoms. The quantitative estimate of drug-likeness (QED) is 0.872. The maximum absolute atomic E-state index is 13.9. The van der Waals surface area contributed by atoms with E-state index in [2.05, 4.69) is 5.32 Å². The van der Waals surface area contributed by atoms with Crippen LogP contribution in [0.25, 0.3) is 0 Å². The molecule has 100 valence electrons. The molecule has 0 atom stereocenters. The van der Waals surface area contributed by atoms with Crippen LogP contribution in [-0.4, -0.2) is 6.04 Å². The highest BCUT2D eigenvalue weighted by Crippen LogP contribution is 2.27. The molecule has 0 bridgehead atoms. The molecule has 0 spiro atoms. The van der Waals surface area contributed by atoms with E-state index in [1.165, 1.54) is 6.07 Å². The number of rotatable bonds is 5. The Labute approximate surface area is 113 Å². The number of nitrogens with one attached hydrogen (secondary N) is 1. The van der Waals surface area contributed by atoms with Gasteiger partial charge in [-0.25, -0.2) is 4.39 Å². The molecule has 2 nitrogen and oxygen atoms in total. The fourth-order valence-electron chi connectivity index (χ4n) is 1.73. The summed E-state index contributed by atoms with van der Waals surface area (Å²) in [6.07, 6.45) is 0. The van der Waals surface area contributed by atoms with Crippen molar-refractivity contribution in [2.75, 3.05) is 0 Å². The van der Waals surface area contributed by atoms with Crippen LogP contribution in [0.15, 0.2) is 48.5 Å². The standard InChI is InChI=1S/C16H18FNO/c1-12(2)18-11-14-15(17)9-6-10-16(14)19-13-7-4-3-5-8-13/h3-10,12,18H,11H2,1-2H3. The van der Waals surface area contributed by atoms with Gasteiger partial charge in [0.05, 0.1) is 0 Å². The average Bonchev–Trinajstić information content (AvgIpc) is 2.39. The van der Waals surface area contributed by atoms with Gasteiger partial charge in [0, 0.05) is 18.2 Å². The van der Waals surface area contributed by atoms with E-state index in [0.717, 1.165) is 0 Å². The molecule has 0 saturated heterocycles. The zero-order valence-electron chi connectivity index (χ0n) is 11.2. The Balaban J connectivity index is 2.22. The Kier molecular flexibility index (Phi) is 4.53. The fourth-order valence-corrected chi connectivity index (χ4v) is 1.73. The van der Waals surface area contributed by atoms with Crippen LogP contribution >= 0.6 is 0 Å². The molecule has 0 aliphatic carbocycles. The molecule has 0 aromatic heterocycles. The van der Waals surface area contributed by atoms with Crippen molar-refractivity contribution in [3.63, 3.8) is 0 Å². The molecule has 0 saturated carbocycles. The summed E-state index contributed by atoms with van der Waals surface area (Å²) in [6.45, 7) is 4.50. The molecule has 0 aliphatic rings. The van der Waals surface area contributed by atoms with E-state index < -0.39 is 0 Å². The second-order valence-electron chi connectivity index (χ2n) is 4.67. The zero-order chi connectivity index (χ0) is 13.7. The van der Waals surface area contributed by atoms with Gasteiger partial charge in [0.1, 0.15) is 17.3 Å². The predicted octanol–water partition coefficient (Wildman–Crippen LogP) is 4.12. The molecule has 0 radical (unpaired) electrons. The highest BCUT2D eigenvalue weighted by molar-refractivity contribution is 5.38. The Morgan fingerprint density at radius 2 is 1.79 bits per heavy atom. The predicted molar refractivity (Wildman–Crippen MR) is 74.9 cm³/mol. The minimum atomic E-state index is -0.249. The van der Waals surface area contributed by atoms with Gasteiger partial charge in [0.2, 0.25) is 0 Å². The third kappa shape index (κ3) is 3.80. The van der Waals surface area contributed by atoms with Crippen LogP contribution in [-0.2, 0) is 6.54 Å². The highest BCUT2D eigenvalue weighted by atomic mass is 19.1. The minimum Gasteiger partial charge on any atom is -0.457 e.